The molecule has 13 heavy (non-hydrogen) atoms. The van der Waals surface area contributed by atoms with Crippen molar-refractivity contribution < 1.29 is 4.84 Å². The van der Waals surface area contributed by atoms with E-state index in [-0.39, 0.29) is 6.10 Å². The lowest BCUT2D eigenvalue weighted by Crippen LogP contribution is -2.41. The standard InChI is InChI=1S/C9H19N3O/c1-7(10-3)5-9-6-12(4)8(2)11-13-9/h7,9-10H,5-6H2,1-4H3/t7-,9?/m1/s1. The summed E-state index contributed by atoms with van der Waals surface area (Å²) in [6.45, 7) is 5.04. The number of rotatable bonds is 3. The van der Waals surface area contributed by atoms with Crippen molar-refractivity contribution in [1.82, 2.24) is 10.2 Å². The minimum Gasteiger partial charge on any atom is -0.389 e. The number of likely N-dealkylation sites (N-methyl/N-ethyl adjacent to an activating group) is 1. The maximum absolute atomic E-state index is 5.34. The van der Waals surface area contributed by atoms with Crippen LogP contribution in [0.3, 0.4) is 0 Å². The topological polar surface area (TPSA) is 36.9 Å². The minimum atomic E-state index is 0.219. The van der Waals surface area contributed by atoms with E-state index in [9.17, 15) is 0 Å². The maximum atomic E-state index is 5.34. The van der Waals surface area contributed by atoms with Crippen molar-refractivity contribution in [3.63, 3.8) is 0 Å². The van der Waals surface area contributed by atoms with Crippen molar-refractivity contribution in [3.8, 4) is 0 Å². The Morgan fingerprint density at radius 2 is 2.46 bits per heavy atom. The van der Waals surface area contributed by atoms with Crippen LogP contribution in [0.5, 0.6) is 0 Å². The molecule has 76 valence electrons. The molecule has 1 rings (SSSR count). The zero-order valence-electron chi connectivity index (χ0n) is 8.87. The number of hydrogen-bond donors (Lipinski definition) is 1. The highest BCUT2D eigenvalue weighted by Gasteiger charge is 2.20. The minimum absolute atomic E-state index is 0.219. The summed E-state index contributed by atoms with van der Waals surface area (Å²) in [6, 6.07) is 0.479. The van der Waals surface area contributed by atoms with Crippen LogP contribution >= 0.6 is 0 Å². The molecule has 0 aromatic heterocycles. The summed E-state index contributed by atoms with van der Waals surface area (Å²) in [5, 5.41) is 7.19. The van der Waals surface area contributed by atoms with Gasteiger partial charge >= 0.3 is 0 Å². The molecule has 4 heteroatoms. The molecule has 0 fully saturated rings. The van der Waals surface area contributed by atoms with Crippen LogP contribution < -0.4 is 5.32 Å². The summed E-state index contributed by atoms with van der Waals surface area (Å²) in [5.41, 5.74) is 0. The van der Waals surface area contributed by atoms with Crippen LogP contribution in [0.2, 0.25) is 0 Å². The van der Waals surface area contributed by atoms with E-state index in [2.05, 4.69) is 22.3 Å². The van der Waals surface area contributed by atoms with Crippen molar-refractivity contribution in [3.05, 3.63) is 0 Å². The van der Waals surface area contributed by atoms with Gasteiger partial charge in [-0.3, -0.25) is 0 Å². The fourth-order valence-corrected chi connectivity index (χ4v) is 1.32. The van der Waals surface area contributed by atoms with Crippen molar-refractivity contribution in [2.75, 3.05) is 20.6 Å². The molecule has 0 aromatic carbocycles. The number of nitrogens with one attached hydrogen (secondary N) is 1. The van der Waals surface area contributed by atoms with Gasteiger partial charge in [0, 0.05) is 19.5 Å². The van der Waals surface area contributed by atoms with E-state index in [1.54, 1.807) is 0 Å². The zero-order valence-corrected chi connectivity index (χ0v) is 8.87. The lowest BCUT2D eigenvalue weighted by molar-refractivity contribution is 0.0158. The molecule has 1 aliphatic rings. The third-order valence-corrected chi connectivity index (χ3v) is 2.47. The number of oxime groups is 1. The summed E-state index contributed by atoms with van der Waals surface area (Å²) in [7, 11) is 4.00. The SMILES string of the molecule is CN[C@H](C)CC1CN(C)C(C)=NO1. The van der Waals surface area contributed by atoms with E-state index >= 15 is 0 Å². The predicted octanol–water partition coefficient (Wildman–Crippen LogP) is 0.648. The molecule has 2 atom stereocenters. The largest absolute Gasteiger partial charge is 0.389 e. The van der Waals surface area contributed by atoms with Crippen LogP contribution in [0.15, 0.2) is 5.16 Å². The molecule has 0 saturated carbocycles. The molecule has 0 spiro atoms. The Kier molecular flexibility index (Phi) is 3.54. The highest BCUT2D eigenvalue weighted by atomic mass is 16.6. The fraction of sp³-hybridized carbons (Fsp3) is 0.889. The summed E-state index contributed by atoms with van der Waals surface area (Å²) < 4.78 is 0. The van der Waals surface area contributed by atoms with E-state index in [0.717, 1.165) is 18.8 Å². The van der Waals surface area contributed by atoms with Gasteiger partial charge in [-0.2, -0.15) is 0 Å². The van der Waals surface area contributed by atoms with Gasteiger partial charge in [0.1, 0.15) is 11.9 Å². The first-order valence-electron chi connectivity index (χ1n) is 4.72. The Morgan fingerprint density at radius 3 is 3.00 bits per heavy atom. The first-order valence-corrected chi connectivity index (χ1v) is 4.72. The fourth-order valence-electron chi connectivity index (χ4n) is 1.32. The number of nitrogens with zero attached hydrogens (tertiary/aromatic N) is 2. The van der Waals surface area contributed by atoms with Crippen molar-refractivity contribution in [2.24, 2.45) is 5.16 Å². The maximum Gasteiger partial charge on any atom is 0.146 e. The second-order valence-corrected chi connectivity index (χ2v) is 3.67. The molecule has 0 saturated heterocycles. The van der Waals surface area contributed by atoms with Gasteiger partial charge in [0.15, 0.2) is 0 Å². The van der Waals surface area contributed by atoms with Crippen molar-refractivity contribution >= 4 is 5.84 Å². The van der Waals surface area contributed by atoms with E-state index in [1.807, 2.05) is 21.0 Å². The highest BCUT2D eigenvalue weighted by molar-refractivity contribution is 5.79. The average Bonchev–Trinajstić information content (AvgIpc) is 2.11. The summed E-state index contributed by atoms with van der Waals surface area (Å²) in [5.74, 6) is 0.952. The zero-order chi connectivity index (χ0) is 9.84. The van der Waals surface area contributed by atoms with Crippen molar-refractivity contribution in [2.45, 2.75) is 32.4 Å². The van der Waals surface area contributed by atoms with Gasteiger partial charge in [0.25, 0.3) is 0 Å². The smallest absolute Gasteiger partial charge is 0.146 e. The molecular weight excluding hydrogens is 166 g/mol. The van der Waals surface area contributed by atoms with Gasteiger partial charge in [-0.05, 0) is 20.9 Å². The molecule has 1 unspecified atom stereocenters. The predicted molar refractivity (Wildman–Crippen MR) is 53.8 cm³/mol. The molecule has 0 bridgehead atoms. The first-order chi connectivity index (χ1) is 6.13. The molecule has 0 amide bonds. The van der Waals surface area contributed by atoms with Gasteiger partial charge in [0.05, 0.1) is 6.54 Å². The Morgan fingerprint density at radius 1 is 1.77 bits per heavy atom. The second kappa shape index (κ2) is 4.46. The molecule has 1 aliphatic heterocycles. The summed E-state index contributed by atoms with van der Waals surface area (Å²) >= 11 is 0. The lowest BCUT2D eigenvalue weighted by atomic mass is 10.1. The van der Waals surface area contributed by atoms with Crippen LogP contribution in [-0.2, 0) is 4.84 Å². The summed E-state index contributed by atoms with van der Waals surface area (Å²) in [6.07, 6.45) is 1.22. The monoisotopic (exact) mass is 185 g/mol. The molecule has 1 heterocycles. The van der Waals surface area contributed by atoms with Gasteiger partial charge < -0.3 is 15.1 Å². The van der Waals surface area contributed by atoms with E-state index in [0.29, 0.717) is 6.04 Å². The molecule has 1 N–H and O–H groups in total. The first kappa shape index (κ1) is 10.3. The summed E-state index contributed by atoms with van der Waals surface area (Å²) in [4.78, 5) is 7.46. The van der Waals surface area contributed by atoms with Crippen LogP contribution in [0.25, 0.3) is 0 Å². The second-order valence-electron chi connectivity index (χ2n) is 3.67. The lowest BCUT2D eigenvalue weighted by Gasteiger charge is -2.29. The third kappa shape index (κ3) is 2.88. The van der Waals surface area contributed by atoms with Crippen LogP contribution in [-0.4, -0.2) is 43.5 Å². The van der Waals surface area contributed by atoms with E-state index in [4.69, 9.17) is 4.84 Å². The van der Waals surface area contributed by atoms with Crippen LogP contribution in [0, 0.1) is 0 Å². The van der Waals surface area contributed by atoms with Gasteiger partial charge in [-0.25, -0.2) is 0 Å². The molecule has 0 aliphatic carbocycles. The Labute approximate surface area is 79.9 Å². The van der Waals surface area contributed by atoms with Gasteiger partial charge in [-0.1, -0.05) is 5.16 Å². The average molecular weight is 185 g/mol. The molecule has 0 aromatic rings. The van der Waals surface area contributed by atoms with Gasteiger partial charge in [0.2, 0.25) is 0 Å². The van der Waals surface area contributed by atoms with Gasteiger partial charge in [-0.15, -0.1) is 0 Å². The number of hydrogen-bond acceptors (Lipinski definition) is 4. The quantitative estimate of drug-likeness (QED) is 0.701. The number of amidine groups is 1. The Balaban J connectivity index is 2.39. The van der Waals surface area contributed by atoms with Crippen LogP contribution in [0.4, 0.5) is 0 Å². The Bertz CT molecular complexity index is 193. The molecular formula is C9H19N3O. The highest BCUT2D eigenvalue weighted by Crippen LogP contribution is 2.10. The van der Waals surface area contributed by atoms with Crippen molar-refractivity contribution in [1.29, 1.82) is 0 Å². The third-order valence-electron chi connectivity index (χ3n) is 2.47. The molecule has 0 radical (unpaired) electrons. The Hall–Kier alpha value is -0.770. The molecule has 4 nitrogen and oxygen atoms in total. The van der Waals surface area contributed by atoms with E-state index < -0.39 is 0 Å². The van der Waals surface area contributed by atoms with Crippen LogP contribution in [0.1, 0.15) is 20.3 Å². The van der Waals surface area contributed by atoms with E-state index in [1.165, 1.54) is 0 Å². The normalized spacial score (nSPS) is 25.1.